The number of anilines is 4. The standard InChI is InChI=1S/C23H23N5O/c1-14-13-24-23(26-19-10-15-4-2-3-5-16(15)11-19)28-22(14)25-18-7-8-20-17(12-18)6-9-21(29)27-20/h2-5,7-8,12-13,19H,6,9-11H2,1H3,(H,27,29)(H2,24,25,26,28). The Balaban J connectivity index is 1.32. The van der Waals surface area contributed by atoms with Gasteiger partial charge in [-0.3, -0.25) is 4.79 Å². The average Bonchev–Trinajstić information content (AvgIpc) is 3.13. The Kier molecular flexibility index (Phi) is 4.39. The van der Waals surface area contributed by atoms with Gasteiger partial charge in [-0.15, -0.1) is 0 Å². The molecule has 3 aromatic rings. The normalized spacial score (nSPS) is 15.4. The number of amides is 1. The van der Waals surface area contributed by atoms with Crippen LogP contribution in [0.2, 0.25) is 0 Å². The lowest BCUT2D eigenvalue weighted by Crippen LogP contribution is -2.21. The monoisotopic (exact) mass is 385 g/mol. The largest absolute Gasteiger partial charge is 0.351 e. The Labute approximate surface area is 169 Å². The SMILES string of the molecule is Cc1cnc(NC2Cc3ccccc3C2)nc1Nc1ccc2c(c1)CCC(=O)N2. The van der Waals surface area contributed by atoms with Crippen LogP contribution >= 0.6 is 0 Å². The molecule has 0 fully saturated rings. The molecule has 2 heterocycles. The number of carbonyl (C=O) groups excluding carboxylic acids is 1. The molecule has 6 nitrogen and oxygen atoms in total. The zero-order valence-corrected chi connectivity index (χ0v) is 16.3. The van der Waals surface area contributed by atoms with E-state index in [1.807, 2.05) is 25.3 Å². The van der Waals surface area contributed by atoms with Gasteiger partial charge in [-0.05, 0) is 61.1 Å². The smallest absolute Gasteiger partial charge is 0.224 e. The van der Waals surface area contributed by atoms with Crippen molar-refractivity contribution in [2.45, 2.75) is 38.6 Å². The number of rotatable bonds is 4. The highest BCUT2D eigenvalue weighted by molar-refractivity contribution is 5.94. The van der Waals surface area contributed by atoms with Crippen LogP contribution < -0.4 is 16.0 Å². The van der Waals surface area contributed by atoms with Gasteiger partial charge in [-0.1, -0.05) is 24.3 Å². The van der Waals surface area contributed by atoms with Crippen LogP contribution in [0.1, 0.15) is 28.7 Å². The summed E-state index contributed by atoms with van der Waals surface area (Å²) in [6.45, 7) is 2.00. The molecule has 0 atom stereocenters. The highest BCUT2D eigenvalue weighted by Crippen LogP contribution is 2.28. The first-order valence-electron chi connectivity index (χ1n) is 10.0. The van der Waals surface area contributed by atoms with Crippen LogP contribution in [0.5, 0.6) is 0 Å². The molecule has 29 heavy (non-hydrogen) atoms. The van der Waals surface area contributed by atoms with Crippen LogP contribution in [0.4, 0.5) is 23.1 Å². The summed E-state index contributed by atoms with van der Waals surface area (Å²) in [6.07, 6.45) is 5.12. The predicted octanol–water partition coefficient (Wildman–Crippen LogP) is 3.99. The lowest BCUT2D eigenvalue weighted by atomic mass is 10.0. The summed E-state index contributed by atoms with van der Waals surface area (Å²) in [7, 11) is 0. The molecule has 0 radical (unpaired) electrons. The topological polar surface area (TPSA) is 78.9 Å². The van der Waals surface area contributed by atoms with E-state index in [1.54, 1.807) is 0 Å². The summed E-state index contributed by atoms with van der Waals surface area (Å²) in [5.74, 6) is 1.51. The van der Waals surface area contributed by atoms with Gasteiger partial charge in [0.05, 0.1) is 0 Å². The summed E-state index contributed by atoms with van der Waals surface area (Å²) in [4.78, 5) is 20.7. The van der Waals surface area contributed by atoms with Crippen molar-refractivity contribution in [1.29, 1.82) is 0 Å². The maximum atomic E-state index is 11.5. The molecule has 0 bridgehead atoms. The second kappa shape index (κ2) is 7.20. The first kappa shape index (κ1) is 17.7. The number of carbonyl (C=O) groups is 1. The summed E-state index contributed by atoms with van der Waals surface area (Å²) in [6, 6.07) is 14.9. The number of aryl methyl sites for hydroxylation is 2. The number of benzene rings is 2. The minimum absolute atomic E-state index is 0.0784. The Morgan fingerprint density at radius 2 is 1.83 bits per heavy atom. The molecule has 5 rings (SSSR count). The van der Waals surface area contributed by atoms with E-state index in [1.165, 1.54) is 11.1 Å². The highest BCUT2D eigenvalue weighted by atomic mass is 16.1. The van der Waals surface area contributed by atoms with E-state index in [9.17, 15) is 4.79 Å². The lowest BCUT2D eigenvalue weighted by Gasteiger charge is -2.18. The van der Waals surface area contributed by atoms with Crippen molar-refractivity contribution in [1.82, 2.24) is 9.97 Å². The minimum atomic E-state index is 0.0784. The number of fused-ring (bicyclic) bond motifs is 2. The van der Waals surface area contributed by atoms with Gasteiger partial charge in [0.1, 0.15) is 5.82 Å². The third kappa shape index (κ3) is 3.66. The van der Waals surface area contributed by atoms with E-state index in [0.29, 0.717) is 18.4 Å². The Morgan fingerprint density at radius 1 is 1.03 bits per heavy atom. The summed E-state index contributed by atoms with van der Waals surface area (Å²) in [5, 5.41) is 9.82. The van der Waals surface area contributed by atoms with Crippen LogP contribution in [-0.2, 0) is 24.1 Å². The fourth-order valence-electron chi connectivity index (χ4n) is 4.08. The Bertz CT molecular complexity index is 1070. The van der Waals surface area contributed by atoms with Crippen LogP contribution in [0, 0.1) is 6.92 Å². The fraction of sp³-hybridized carbons (Fsp3) is 0.261. The molecule has 2 aliphatic rings. The van der Waals surface area contributed by atoms with Crippen molar-refractivity contribution < 1.29 is 4.79 Å². The van der Waals surface area contributed by atoms with E-state index < -0.39 is 0 Å². The van der Waals surface area contributed by atoms with Crippen molar-refractivity contribution in [3.05, 3.63) is 70.9 Å². The van der Waals surface area contributed by atoms with Crippen molar-refractivity contribution >= 4 is 29.0 Å². The van der Waals surface area contributed by atoms with E-state index >= 15 is 0 Å². The molecule has 1 aliphatic heterocycles. The molecule has 6 heteroatoms. The van der Waals surface area contributed by atoms with Crippen molar-refractivity contribution in [3.8, 4) is 0 Å². The zero-order chi connectivity index (χ0) is 19.8. The number of aromatic nitrogens is 2. The van der Waals surface area contributed by atoms with Crippen molar-refractivity contribution in [2.24, 2.45) is 0 Å². The number of hydrogen-bond acceptors (Lipinski definition) is 5. The van der Waals surface area contributed by atoms with Crippen molar-refractivity contribution in [2.75, 3.05) is 16.0 Å². The van der Waals surface area contributed by atoms with E-state index in [0.717, 1.165) is 47.6 Å². The molecule has 146 valence electrons. The Hall–Kier alpha value is -3.41. The first-order valence-corrected chi connectivity index (χ1v) is 10.0. The van der Waals surface area contributed by atoms with Gasteiger partial charge in [0, 0.05) is 35.6 Å². The quantitative estimate of drug-likeness (QED) is 0.633. The third-order valence-electron chi connectivity index (χ3n) is 5.62. The maximum Gasteiger partial charge on any atom is 0.224 e. The van der Waals surface area contributed by atoms with Gasteiger partial charge in [0.15, 0.2) is 0 Å². The van der Waals surface area contributed by atoms with Gasteiger partial charge in [-0.2, -0.15) is 4.98 Å². The summed E-state index contributed by atoms with van der Waals surface area (Å²) >= 11 is 0. The van der Waals surface area contributed by atoms with Crippen LogP contribution in [-0.4, -0.2) is 21.9 Å². The molecule has 0 spiro atoms. The highest BCUT2D eigenvalue weighted by Gasteiger charge is 2.21. The molecular formula is C23H23N5O. The van der Waals surface area contributed by atoms with Crippen LogP contribution in [0.25, 0.3) is 0 Å². The molecule has 0 unspecified atom stereocenters. The second-order valence-electron chi connectivity index (χ2n) is 7.79. The number of nitrogens with one attached hydrogen (secondary N) is 3. The van der Waals surface area contributed by atoms with Gasteiger partial charge in [0.2, 0.25) is 11.9 Å². The molecule has 1 aliphatic carbocycles. The van der Waals surface area contributed by atoms with E-state index in [2.05, 4.69) is 51.3 Å². The molecule has 0 saturated carbocycles. The maximum absolute atomic E-state index is 11.5. The summed E-state index contributed by atoms with van der Waals surface area (Å²) in [5.41, 5.74) is 6.78. The molecule has 1 amide bonds. The zero-order valence-electron chi connectivity index (χ0n) is 16.3. The fourth-order valence-corrected chi connectivity index (χ4v) is 4.08. The van der Waals surface area contributed by atoms with Crippen LogP contribution in [0.3, 0.4) is 0 Å². The average molecular weight is 385 g/mol. The predicted molar refractivity (Wildman–Crippen MR) is 115 cm³/mol. The molecule has 0 saturated heterocycles. The third-order valence-corrected chi connectivity index (χ3v) is 5.62. The van der Waals surface area contributed by atoms with Gasteiger partial charge in [-0.25, -0.2) is 4.98 Å². The minimum Gasteiger partial charge on any atom is -0.351 e. The number of nitrogens with zero attached hydrogens (tertiary/aromatic N) is 2. The van der Waals surface area contributed by atoms with Gasteiger partial charge >= 0.3 is 0 Å². The molecule has 2 aromatic carbocycles. The lowest BCUT2D eigenvalue weighted by molar-refractivity contribution is -0.116. The Morgan fingerprint density at radius 3 is 2.62 bits per heavy atom. The first-order chi connectivity index (χ1) is 14.1. The number of hydrogen-bond donors (Lipinski definition) is 3. The summed E-state index contributed by atoms with van der Waals surface area (Å²) < 4.78 is 0. The van der Waals surface area contributed by atoms with E-state index in [-0.39, 0.29) is 5.91 Å². The molecule has 1 aromatic heterocycles. The second-order valence-corrected chi connectivity index (χ2v) is 7.79. The molecular weight excluding hydrogens is 362 g/mol. The molecule has 3 N–H and O–H groups in total. The van der Waals surface area contributed by atoms with Crippen molar-refractivity contribution in [3.63, 3.8) is 0 Å². The van der Waals surface area contributed by atoms with E-state index in [4.69, 9.17) is 4.98 Å². The van der Waals surface area contributed by atoms with Crippen LogP contribution in [0.15, 0.2) is 48.7 Å². The van der Waals surface area contributed by atoms with Gasteiger partial charge < -0.3 is 16.0 Å². The van der Waals surface area contributed by atoms with Gasteiger partial charge in [0.25, 0.3) is 0 Å².